The molecule has 0 saturated heterocycles. The summed E-state index contributed by atoms with van der Waals surface area (Å²) in [6.45, 7) is 4.03. The number of nitrogens with two attached hydrogens (primary N) is 1. The summed E-state index contributed by atoms with van der Waals surface area (Å²) in [5.74, 6) is 0.00711. The number of rotatable bonds is 5. The van der Waals surface area contributed by atoms with Crippen LogP contribution in [-0.4, -0.2) is 35.1 Å². The Morgan fingerprint density at radius 3 is 2.77 bits per heavy atom. The van der Waals surface area contributed by atoms with Gasteiger partial charge >= 0.3 is 5.97 Å². The van der Waals surface area contributed by atoms with Crippen LogP contribution in [0.25, 0.3) is 11.0 Å². The van der Waals surface area contributed by atoms with Gasteiger partial charge in [0.15, 0.2) is 0 Å². The average molecular weight is 304 g/mol. The lowest BCUT2D eigenvalue weighted by molar-refractivity contribution is -0.143. The van der Waals surface area contributed by atoms with Crippen molar-refractivity contribution in [2.24, 2.45) is 0 Å². The van der Waals surface area contributed by atoms with E-state index in [0.717, 1.165) is 11.2 Å². The number of fused-ring (bicyclic) bond motifs is 1. The van der Waals surface area contributed by atoms with Gasteiger partial charge in [0.05, 0.1) is 24.1 Å². The van der Waals surface area contributed by atoms with Crippen LogP contribution in [0.4, 0.5) is 11.6 Å². The lowest BCUT2D eigenvalue weighted by Gasteiger charge is -2.14. The summed E-state index contributed by atoms with van der Waals surface area (Å²) in [6, 6.07) is 5.47. The SMILES string of the molecule is CCOC(=O)CCn1c(N)nc2cc(N(C)C(C)=O)ccc21. The van der Waals surface area contributed by atoms with E-state index in [1.54, 1.807) is 24.6 Å². The Bertz CT molecular complexity index is 708. The number of imidazole rings is 1. The van der Waals surface area contributed by atoms with Crippen molar-refractivity contribution in [2.45, 2.75) is 26.8 Å². The van der Waals surface area contributed by atoms with Gasteiger partial charge in [-0.2, -0.15) is 0 Å². The van der Waals surface area contributed by atoms with Crippen molar-refractivity contribution < 1.29 is 14.3 Å². The summed E-state index contributed by atoms with van der Waals surface area (Å²) in [5.41, 5.74) is 8.17. The van der Waals surface area contributed by atoms with Gasteiger partial charge in [0.2, 0.25) is 11.9 Å². The standard InChI is InChI=1S/C15H20N4O3/c1-4-22-14(21)7-8-19-13-6-5-11(18(3)10(2)20)9-12(13)17-15(19)16/h5-6,9H,4,7-8H2,1-3H3,(H2,16,17). The number of ether oxygens (including phenoxy) is 1. The number of aromatic nitrogens is 2. The number of benzene rings is 1. The first-order valence-electron chi connectivity index (χ1n) is 7.09. The summed E-state index contributed by atoms with van der Waals surface area (Å²) >= 11 is 0. The van der Waals surface area contributed by atoms with Crippen LogP contribution in [0.2, 0.25) is 0 Å². The molecule has 0 aliphatic heterocycles. The molecule has 0 bridgehead atoms. The van der Waals surface area contributed by atoms with Crippen LogP contribution in [0.15, 0.2) is 18.2 Å². The molecule has 22 heavy (non-hydrogen) atoms. The van der Waals surface area contributed by atoms with Crippen LogP contribution in [-0.2, 0) is 20.9 Å². The fourth-order valence-electron chi connectivity index (χ4n) is 2.20. The molecule has 0 spiro atoms. The van der Waals surface area contributed by atoms with E-state index < -0.39 is 0 Å². The van der Waals surface area contributed by atoms with Crippen LogP contribution >= 0.6 is 0 Å². The molecule has 7 nitrogen and oxygen atoms in total. The zero-order chi connectivity index (χ0) is 16.3. The highest BCUT2D eigenvalue weighted by atomic mass is 16.5. The van der Waals surface area contributed by atoms with Crippen LogP contribution in [0.1, 0.15) is 20.3 Å². The second-order valence-electron chi connectivity index (χ2n) is 4.93. The van der Waals surface area contributed by atoms with Crippen molar-refractivity contribution in [1.82, 2.24) is 9.55 Å². The van der Waals surface area contributed by atoms with E-state index in [-0.39, 0.29) is 18.3 Å². The number of aryl methyl sites for hydroxylation is 1. The molecule has 2 rings (SSSR count). The van der Waals surface area contributed by atoms with Gasteiger partial charge in [-0.3, -0.25) is 9.59 Å². The number of carbonyl (C=O) groups is 2. The number of carbonyl (C=O) groups excluding carboxylic acids is 2. The Balaban J connectivity index is 2.27. The van der Waals surface area contributed by atoms with E-state index in [9.17, 15) is 9.59 Å². The summed E-state index contributed by atoms with van der Waals surface area (Å²) in [7, 11) is 1.70. The third-order valence-electron chi connectivity index (χ3n) is 3.47. The molecule has 1 amide bonds. The van der Waals surface area contributed by atoms with Gasteiger partial charge in [-0.1, -0.05) is 0 Å². The maximum atomic E-state index is 11.5. The molecule has 0 saturated carbocycles. The normalized spacial score (nSPS) is 10.7. The second kappa shape index (κ2) is 6.46. The first-order valence-corrected chi connectivity index (χ1v) is 7.09. The number of esters is 1. The van der Waals surface area contributed by atoms with Crippen molar-refractivity contribution in [1.29, 1.82) is 0 Å². The number of hydrogen-bond acceptors (Lipinski definition) is 5. The highest BCUT2D eigenvalue weighted by Crippen LogP contribution is 2.24. The lowest BCUT2D eigenvalue weighted by Crippen LogP contribution is -2.22. The minimum atomic E-state index is -0.267. The first kappa shape index (κ1) is 15.8. The van der Waals surface area contributed by atoms with Crippen molar-refractivity contribution in [2.75, 3.05) is 24.3 Å². The van der Waals surface area contributed by atoms with Gasteiger partial charge in [0.25, 0.3) is 0 Å². The number of hydrogen-bond donors (Lipinski definition) is 1. The second-order valence-corrected chi connectivity index (χ2v) is 4.93. The minimum Gasteiger partial charge on any atom is -0.466 e. The molecule has 0 aliphatic carbocycles. The molecule has 1 aromatic heterocycles. The molecular formula is C15H20N4O3. The van der Waals surface area contributed by atoms with Crippen molar-refractivity contribution in [3.05, 3.63) is 18.2 Å². The van der Waals surface area contributed by atoms with Gasteiger partial charge in [-0.05, 0) is 25.1 Å². The summed E-state index contributed by atoms with van der Waals surface area (Å²) in [5, 5.41) is 0. The Labute approximate surface area is 128 Å². The van der Waals surface area contributed by atoms with Crippen LogP contribution in [0.5, 0.6) is 0 Å². The smallest absolute Gasteiger partial charge is 0.307 e. The van der Waals surface area contributed by atoms with E-state index in [1.165, 1.54) is 11.8 Å². The quantitative estimate of drug-likeness (QED) is 0.846. The third-order valence-corrected chi connectivity index (χ3v) is 3.47. The van der Waals surface area contributed by atoms with E-state index in [0.29, 0.717) is 24.6 Å². The monoisotopic (exact) mass is 304 g/mol. The molecule has 1 heterocycles. The molecule has 118 valence electrons. The van der Waals surface area contributed by atoms with Gasteiger partial charge < -0.3 is 19.9 Å². The highest BCUT2D eigenvalue weighted by molar-refractivity contribution is 5.93. The maximum absolute atomic E-state index is 11.5. The first-order chi connectivity index (χ1) is 10.4. The molecule has 0 radical (unpaired) electrons. The Hall–Kier alpha value is -2.57. The molecule has 2 aromatic rings. The number of nitrogens with zero attached hydrogens (tertiary/aromatic N) is 3. The Morgan fingerprint density at radius 1 is 1.41 bits per heavy atom. The van der Waals surface area contributed by atoms with Gasteiger partial charge in [-0.15, -0.1) is 0 Å². The fraction of sp³-hybridized carbons (Fsp3) is 0.400. The fourth-order valence-corrected chi connectivity index (χ4v) is 2.20. The molecule has 2 N–H and O–H groups in total. The van der Waals surface area contributed by atoms with Crippen molar-refractivity contribution >= 4 is 34.5 Å². The lowest BCUT2D eigenvalue weighted by atomic mass is 10.2. The average Bonchev–Trinajstić information content (AvgIpc) is 2.79. The topological polar surface area (TPSA) is 90.4 Å². The Morgan fingerprint density at radius 2 is 2.14 bits per heavy atom. The Kier molecular flexibility index (Phi) is 4.65. The van der Waals surface area contributed by atoms with Gasteiger partial charge in [-0.25, -0.2) is 4.98 Å². The highest BCUT2D eigenvalue weighted by Gasteiger charge is 2.13. The number of amides is 1. The summed E-state index contributed by atoms with van der Waals surface area (Å²) in [6.07, 6.45) is 0.235. The van der Waals surface area contributed by atoms with Gasteiger partial charge in [0, 0.05) is 26.2 Å². The van der Waals surface area contributed by atoms with E-state index in [2.05, 4.69) is 4.98 Å². The number of nitrogen functional groups attached to an aromatic ring is 1. The zero-order valence-corrected chi connectivity index (χ0v) is 13.0. The van der Waals surface area contributed by atoms with E-state index in [1.807, 2.05) is 12.1 Å². The number of anilines is 2. The molecule has 7 heteroatoms. The summed E-state index contributed by atoms with van der Waals surface area (Å²) < 4.78 is 6.68. The third kappa shape index (κ3) is 3.19. The van der Waals surface area contributed by atoms with Crippen LogP contribution < -0.4 is 10.6 Å². The van der Waals surface area contributed by atoms with Crippen molar-refractivity contribution in [3.8, 4) is 0 Å². The molecule has 0 atom stereocenters. The van der Waals surface area contributed by atoms with Crippen LogP contribution in [0.3, 0.4) is 0 Å². The minimum absolute atomic E-state index is 0.0611. The molecule has 1 aromatic carbocycles. The largest absolute Gasteiger partial charge is 0.466 e. The predicted octanol–water partition coefficient (Wildman–Crippen LogP) is 1.55. The van der Waals surface area contributed by atoms with E-state index >= 15 is 0 Å². The molecule has 0 unspecified atom stereocenters. The van der Waals surface area contributed by atoms with E-state index in [4.69, 9.17) is 10.5 Å². The predicted molar refractivity (Wildman–Crippen MR) is 84.5 cm³/mol. The van der Waals surface area contributed by atoms with Gasteiger partial charge in [0.1, 0.15) is 0 Å². The molecule has 0 fully saturated rings. The molecule has 0 aliphatic rings. The van der Waals surface area contributed by atoms with Crippen LogP contribution in [0, 0.1) is 0 Å². The summed E-state index contributed by atoms with van der Waals surface area (Å²) in [4.78, 5) is 28.7. The maximum Gasteiger partial charge on any atom is 0.307 e. The van der Waals surface area contributed by atoms with Crippen molar-refractivity contribution in [3.63, 3.8) is 0 Å². The molecular weight excluding hydrogens is 284 g/mol. The zero-order valence-electron chi connectivity index (χ0n) is 13.0.